The number of aryl methyl sites for hydroxylation is 1. The third-order valence-corrected chi connectivity index (χ3v) is 4.01. The van der Waals surface area contributed by atoms with E-state index in [2.05, 4.69) is 20.6 Å². The largest absolute Gasteiger partial charge is 0.490 e. The highest BCUT2D eigenvalue weighted by Gasteiger charge is 2.02. The summed E-state index contributed by atoms with van der Waals surface area (Å²) in [5.41, 5.74) is 0. The second-order valence-electron chi connectivity index (χ2n) is 4.50. The molecule has 0 bridgehead atoms. The number of guanidine groups is 1. The van der Waals surface area contributed by atoms with Gasteiger partial charge in [-0.1, -0.05) is 23.7 Å². The van der Waals surface area contributed by atoms with E-state index in [1.54, 1.807) is 24.5 Å². The van der Waals surface area contributed by atoms with Crippen LogP contribution in [0.2, 0.25) is 5.02 Å². The summed E-state index contributed by atoms with van der Waals surface area (Å²) in [7, 11) is 1.73. The van der Waals surface area contributed by atoms with E-state index in [1.807, 2.05) is 31.3 Å². The Labute approximate surface area is 139 Å². The van der Waals surface area contributed by atoms with Crippen LogP contribution in [-0.4, -0.2) is 31.1 Å². The van der Waals surface area contributed by atoms with E-state index < -0.39 is 0 Å². The smallest absolute Gasteiger partial charge is 0.191 e. The molecule has 0 aliphatic rings. The van der Waals surface area contributed by atoms with Gasteiger partial charge in [-0.3, -0.25) is 4.99 Å². The van der Waals surface area contributed by atoms with Crippen molar-refractivity contribution in [2.24, 2.45) is 4.99 Å². The molecule has 2 N–H and O–H groups in total. The molecule has 0 saturated heterocycles. The Hall–Kier alpha value is -1.79. The summed E-state index contributed by atoms with van der Waals surface area (Å²) < 4.78 is 5.61. The summed E-state index contributed by atoms with van der Waals surface area (Å²) in [4.78, 5) is 9.67. The summed E-state index contributed by atoms with van der Waals surface area (Å²) in [6.07, 6.45) is 1.87. The van der Waals surface area contributed by atoms with Gasteiger partial charge in [0.15, 0.2) is 5.96 Å². The minimum absolute atomic E-state index is 0.501. The molecule has 0 saturated carbocycles. The lowest BCUT2D eigenvalue weighted by Crippen LogP contribution is -2.38. The molecule has 22 heavy (non-hydrogen) atoms. The second-order valence-corrected chi connectivity index (χ2v) is 6.22. The van der Waals surface area contributed by atoms with Gasteiger partial charge < -0.3 is 15.4 Å². The van der Waals surface area contributed by atoms with Crippen LogP contribution >= 0.6 is 22.9 Å². The average Bonchev–Trinajstić information content (AvgIpc) is 2.94. The van der Waals surface area contributed by atoms with Crippen molar-refractivity contribution in [1.29, 1.82) is 0 Å². The molecule has 0 radical (unpaired) electrons. The third kappa shape index (κ3) is 5.20. The second kappa shape index (κ2) is 8.60. The number of aromatic nitrogens is 1. The molecule has 0 fully saturated rings. The van der Waals surface area contributed by atoms with Gasteiger partial charge in [-0.15, -0.1) is 11.3 Å². The van der Waals surface area contributed by atoms with Gasteiger partial charge in [0, 0.05) is 18.1 Å². The van der Waals surface area contributed by atoms with Gasteiger partial charge >= 0.3 is 0 Å². The number of thiazole rings is 1. The first-order valence-corrected chi connectivity index (χ1v) is 8.11. The minimum Gasteiger partial charge on any atom is -0.490 e. The highest BCUT2D eigenvalue weighted by atomic mass is 35.5. The zero-order valence-electron chi connectivity index (χ0n) is 12.6. The van der Waals surface area contributed by atoms with E-state index in [0.717, 1.165) is 11.0 Å². The van der Waals surface area contributed by atoms with Crippen LogP contribution in [0.15, 0.2) is 35.5 Å². The maximum atomic E-state index is 6.03. The van der Waals surface area contributed by atoms with Gasteiger partial charge in [-0.05, 0) is 19.1 Å². The first kappa shape index (κ1) is 16.6. The van der Waals surface area contributed by atoms with Crippen LogP contribution in [0.1, 0.15) is 9.88 Å². The number of rotatable bonds is 6. The number of hydrogen-bond acceptors (Lipinski definition) is 4. The molecule has 0 amide bonds. The molecule has 7 heteroatoms. The summed E-state index contributed by atoms with van der Waals surface area (Å²) in [6.45, 7) is 3.83. The fourth-order valence-electron chi connectivity index (χ4n) is 1.76. The Morgan fingerprint density at radius 2 is 2.18 bits per heavy atom. The van der Waals surface area contributed by atoms with Crippen molar-refractivity contribution < 1.29 is 4.74 Å². The first-order valence-electron chi connectivity index (χ1n) is 6.92. The van der Waals surface area contributed by atoms with Crippen molar-refractivity contribution in [3.63, 3.8) is 0 Å². The minimum atomic E-state index is 0.501. The van der Waals surface area contributed by atoms with E-state index >= 15 is 0 Å². The van der Waals surface area contributed by atoms with Gasteiger partial charge in [0.1, 0.15) is 17.4 Å². The lowest BCUT2D eigenvalue weighted by molar-refractivity contribution is 0.322. The van der Waals surface area contributed by atoms with Crippen molar-refractivity contribution >= 4 is 28.9 Å². The van der Waals surface area contributed by atoms with Crippen molar-refractivity contribution in [3.8, 4) is 5.75 Å². The van der Waals surface area contributed by atoms with Crippen LogP contribution < -0.4 is 15.4 Å². The highest BCUT2D eigenvalue weighted by molar-refractivity contribution is 7.11. The Kier molecular flexibility index (Phi) is 6.48. The standard InChI is InChI=1S/C15H19ClN4OS/c1-11-9-19-14(22-11)10-20-15(17-2)18-7-8-21-13-6-4-3-5-12(13)16/h3-6,9H,7-8,10H2,1-2H3,(H2,17,18,20). The van der Waals surface area contributed by atoms with Crippen LogP contribution in [0.5, 0.6) is 5.75 Å². The van der Waals surface area contributed by atoms with E-state index in [-0.39, 0.29) is 0 Å². The molecule has 0 unspecified atom stereocenters. The normalized spacial score (nSPS) is 11.3. The molecule has 1 aromatic heterocycles. The predicted molar refractivity (Wildman–Crippen MR) is 92.0 cm³/mol. The van der Waals surface area contributed by atoms with Gasteiger partial charge in [0.25, 0.3) is 0 Å². The molecule has 5 nitrogen and oxygen atoms in total. The monoisotopic (exact) mass is 338 g/mol. The van der Waals surface area contributed by atoms with E-state index in [1.165, 1.54) is 4.88 Å². The van der Waals surface area contributed by atoms with Gasteiger partial charge in [-0.2, -0.15) is 0 Å². The molecule has 1 heterocycles. The molecule has 1 aromatic carbocycles. The predicted octanol–water partition coefficient (Wildman–Crippen LogP) is 2.85. The Morgan fingerprint density at radius 3 is 2.86 bits per heavy atom. The summed E-state index contributed by atoms with van der Waals surface area (Å²) in [5, 5.41) is 8.05. The zero-order valence-corrected chi connectivity index (χ0v) is 14.2. The molecule has 118 valence electrons. The van der Waals surface area contributed by atoms with Crippen LogP contribution in [-0.2, 0) is 6.54 Å². The van der Waals surface area contributed by atoms with Gasteiger partial charge in [-0.25, -0.2) is 4.98 Å². The summed E-state index contributed by atoms with van der Waals surface area (Å²) in [5.74, 6) is 1.41. The molecule has 0 atom stereocenters. The summed E-state index contributed by atoms with van der Waals surface area (Å²) >= 11 is 7.70. The molecule has 2 aromatic rings. The van der Waals surface area contributed by atoms with E-state index in [4.69, 9.17) is 16.3 Å². The number of halogens is 1. The number of para-hydroxylation sites is 1. The SMILES string of the molecule is CN=C(NCCOc1ccccc1Cl)NCc1ncc(C)s1. The molecular formula is C15H19ClN4OS. The molecular weight excluding hydrogens is 320 g/mol. The van der Waals surface area contributed by atoms with Gasteiger partial charge in [0.2, 0.25) is 0 Å². The molecule has 2 rings (SSSR count). The maximum absolute atomic E-state index is 6.03. The average molecular weight is 339 g/mol. The molecule has 0 aliphatic heterocycles. The first-order chi connectivity index (χ1) is 10.7. The number of benzene rings is 1. The summed E-state index contributed by atoms with van der Waals surface area (Å²) in [6, 6.07) is 7.42. The Bertz CT molecular complexity index is 630. The van der Waals surface area contributed by atoms with Crippen molar-refractivity contribution in [1.82, 2.24) is 15.6 Å². The fourth-order valence-corrected chi connectivity index (χ4v) is 2.67. The zero-order chi connectivity index (χ0) is 15.8. The Balaban J connectivity index is 1.69. The van der Waals surface area contributed by atoms with Crippen LogP contribution in [0.3, 0.4) is 0 Å². The Morgan fingerprint density at radius 1 is 1.36 bits per heavy atom. The van der Waals surface area contributed by atoms with E-state index in [9.17, 15) is 0 Å². The van der Waals surface area contributed by atoms with Crippen LogP contribution in [0.25, 0.3) is 0 Å². The third-order valence-electron chi connectivity index (χ3n) is 2.79. The number of nitrogens with one attached hydrogen (secondary N) is 2. The van der Waals surface area contributed by atoms with Crippen LogP contribution in [0, 0.1) is 6.92 Å². The van der Waals surface area contributed by atoms with Crippen LogP contribution in [0.4, 0.5) is 0 Å². The number of aliphatic imine (C=N–C) groups is 1. The molecule has 0 spiro atoms. The van der Waals surface area contributed by atoms with Crippen molar-refractivity contribution in [2.75, 3.05) is 20.2 Å². The van der Waals surface area contributed by atoms with Crippen molar-refractivity contribution in [2.45, 2.75) is 13.5 Å². The van der Waals surface area contributed by atoms with E-state index in [0.29, 0.717) is 30.5 Å². The lowest BCUT2D eigenvalue weighted by Gasteiger charge is -2.12. The maximum Gasteiger partial charge on any atom is 0.191 e. The van der Waals surface area contributed by atoms with Crippen molar-refractivity contribution in [3.05, 3.63) is 45.4 Å². The number of hydrogen-bond donors (Lipinski definition) is 2. The number of ether oxygens (including phenoxy) is 1. The lowest BCUT2D eigenvalue weighted by atomic mass is 10.3. The quantitative estimate of drug-likeness (QED) is 0.483. The highest BCUT2D eigenvalue weighted by Crippen LogP contribution is 2.22. The number of nitrogens with zero attached hydrogens (tertiary/aromatic N) is 2. The van der Waals surface area contributed by atoms with Gasteiger partial charge in [0.05, 0.1) is 18.1 Å². The fraction of sp³-hybridized carbons (Fsp3) is 0.333. The topological polar surface area (TPSA) is 58.5 Å². The molecule has 0 aliphatic carbocycles.